The first kappa shape index (κ1) is 18.3. The number of anilines is 1. The van der Waals surface area contributed by atoms with Crippen LogP contribution in [0.4, 0.5) is 5.13 Å². The smallest absolute Gasteiger partial charge is 0.289 e. The Morgan fingerprint density at radius 3 is 2.72 bits per heavy atom. The van der Waals surface area contributed by atoms with E-state index in [4.69, 9.17) is 25.7 Å². The lowest BCUT2D eigenvalue weighted by Crippen LogP contribution is -2.48. The van der Waals surface area contributed by atoms with Crippen LogP contribution >= 0.6 is 22.9 Å². The van der Waals surface area contributed by atoms with E-state index in [1.54, 1.807) is 18.4 Å². The van der Waals surface area contributed by atoms with E-state index >= 15 is 0 Å². The van der Waals surface area contributed by atoms with E-state index in [0.717, 1.165) is 26.3 Å². The van der Waals surface area contributed by atoms with Crippen molar-refractivity contribution in [3.05, 3.63) is 53.2 Å². The topological polar surface area (TPSA) is 58.8 Å². The molecule has 1 fully saturated rings. The van der Waals surface area contributed by atoms with Gasteiger partial charge in [0.1, 0.15) is 16.8 Å². The van der Waals surface area contributed by atoms with Crippen molar-refractivity contribution in [2.24, 2.45) is 0 Å². The number of thiazole rings is 1. The molecular weight excluding hydrogens is 410 g/mol. The molecule has 0 unspecified atom stereocenters. The second-order valence-corrected chi connectivity index (χ2v) is 8.24. The van der Waals surface area contributed by atoms with Crippen molar-refractivity contribution in [2.45, 2.75) is 0 Å². The molecule has 0 aliphatic carbocycles. The summed E-state index contributed by atoms with van der Waals surface area (Å²) in [6.07, 6.45) is 0. The second kappa shape index (κ2) is 7.24. The molecule has 1 aliphatic heterocycles. The van der Waals surface area contributed by atoms with Gasteiger partial charge in [-0.25, -0.2) is 4.98 Å². The van der Waals surface area contributed by atoms with Gasteiger partial charge in [-0.15, -0.1) is 0 Å². The van der Waals surface area contributed by atoms with Crippen molar-refractivity contribution in [1.82, 2.24) is 9.88 Å². The number of fused-ring (bicyclic) bond motifs is 2. The zero-order valence-electron chi connectivity index (χ0n) is 15.7. The van der Waals surface area contributed by atoms with Crippen molar-refractivity contribution < 1.29 is 13.9 Å². The van der Waals surface area contributed by atoms with E-state index in [1.165, 1.54) is 0 Å². The van der Waals surface area contributed by atoms with E-state index in [0.29, 0.717) is 42.7 Å². The third-order valence-electron chi connectivity index (χ3n) is 5.14. The molecule has 0 radical (unpaired) electrons. The first-order valence-corrected chi connectivity index (χ1v) is 10.5. The molecule has 0 N–H and O–H groups in total. The summed E-state index contributed by atoms with van der Waals surface area (Å²) >= 11 is 7.89. The summed E-state index contributed by atoms with van der Waals surface area (Å²) < 4.78 is 12.1. The van der Waals surface area contributed by atoms with E-state index in [2.05, 4.69) is 4.90 Å². The quantitative estimate of drug-likeness (QED) is 0.475. The maximum atomic E-state index is 12.8. The molecule has 1 amide bonds. The number of ether oxygens (including phenoxy) is 1. The summed E-state index contributed by atoms with van der Waals surface area (Å²) in [4.78, 5) is 21.6. The van der Waals surface area contributed by atoms with Gasteiger partial charge in [-0.05, 0) is 24.3 Å². The van der Waals surface area contributed by atoms with Gasteiger partial charge in [0.25, 0.3) is 5.91 Å². The average Bonchev–Trinajstić information content (AvgIpc) is 3.39. The van der Waals surface area contributed by atoms with Crippen LogP contribution in [0.3, 0.4) is 0 Å². The molecule has 1 saturated heterocycles. The van der Waals surface area contributed by atoms with E-state index < -0.39 is 0 Å². The fourth-order valence-electron chi connectivity index (χ4n) is 3.59. The maximum Gasteiger partial charge on any atom is 0.289 e. The summed E-state index contributed by atoms with van der Waals surface area (Å²) in [5, 5.41) is 2.50. The van der Waals surface area contributed by atoms with Crippen LogP contribution in [0.5, 0.6) is 5.75 Å². The third-order valence-corrected chi connectivity index (χ3v) is 6.72. The Hall–Kier alpha value is -2.77. The highest BCUT2D eigenvalue weighted by Crippen LogP contribution is 2.38. The van der Waals surface area contributed by atoms with Gasteiger partial charge in [0.05, 0.1) is 16.8 Å². The van der Waals surface area contributed by atoms with Gasteiger partial charge >= 0.3 is 0 Å². The number of methoxy groups -OCH3 is 1. The lowest BCUT2D eigenvalue weighted by Gasteiger charge is -2.34. The van der Waals surface area contributed by atoms with Gasteiger partial charge in [-0.1, -0.05) is 41.1 Å². The number of piperazine rings is 1. The van der Waals surface area contributed by atoms with E-state index in [1.807, 2.05) is 47.4 Å². The summed E-state index contributed by atoms with van der Waals surface area (Å²) in [6, 6.07) is 13.1. The number of aromatic nitrogens is 1. The molecule has 0 bridgehead atoms. The third kappa shape index (κ3) is 3.20. The van der Waals surface area contributed by atoms with Crippen molar-refractivity contribution in [3.63, 3.8) is 0 Å². The lowest BCUT2D eigenvalue weighted by atomic mass is 10.2. The highest BCUT2D eigenvalue weighted by atomic mass is 35.5. The summed E-state index contributed by atoms with van der Waals surface area (Å²) in [6.45, 7) is 2.62. The normalized spacial score (nSPS) is 14.7. The van der Waals surface area contributed by atoms with E-state index in [9.17, 15) is 4.79 Å². The zero-order chi connectivity index (χ0) is 20.0. The molecule has 0 saturated carbocycles. The molecule has 2 aromatic heterocycles. The van der Waals surface area contributed by atoms with Crippen LogP contribution in [0.15, 0.2) is 46.9 Å². The number of benzene rings is 2. The number of carbonyl (C=O) groups excluding carboxylic acids is 1. The fraction of sp³-hybridized carbons (Fsp3) is 0.238. The van der Waals surface area contributed by atoms with Gasteiger partial charge in [0.2, 0.25) is 0 Å². The molecule has 148 valence electrons. The molecule has 2 aromatic carbocycles. The Morgan fingerprint density at radius 1 is 1.17 bits per heavy atom. The zero-order valence-corrected chi connectivity index (χ0v) is 17.3. The maximum absolute atomic E-state index is 12.8. The summed E-state index contributed by atoms with van der Waals surface area (Å²) in [5.41, 5.74) is 1.51. The summed E-state index contributed by atoms with van der Waals surface area (Å²) in [7, 11) is 1.63. The molecule has 5 rings (SSSR count). The minimum atomic E-state index is -0.0742. The largest absolute Gasteiger partial charge is 0.494 e. The van der Waals surface area contributed by atoms with Gasteiger partial charge in [-0.3, -0.25) is 4.79 Å². The Kier molecular flexibility index (Phi) is 4.56. The number of hydrogen-bond acceptors (Lipinski definition) is 6. The van der Waals surface area contributed by atoms with Crippen LogP contribution in [-0.2, 0) is 0 Å². The SMILES string of the molecule is COc1ccc(Cl)c2sc(N3CCN(C(=O)c4cc5ccccc5o4)CC3)nc12. The van der Waals surface area contributed by atoms with Crippen LogP contribution in [0, 0.1) is 0 Å². The Labute approximate surface area is 176 Å². The minimum absolute atomic E-state index is 0.0742. The average molecular weight is 428 g/mol. The van der Waals surface area contributed by atoms with Crippen molar-refractivity contribution in [1.29, 1.82) is 0 Å². The standard InChI is InChI=1S/C21H18ClN3O3S/c1-27-16-7-6-14(22)19-18(16)23-21(29-19)25-10-8-24(9-11-25)20(26)17-12-13-4-2-3-5-15(13)28-17/h2-7,12H,8-11H2,1H3. The molecule has 0 atom stereocenters. The number of carbonyl (C=O) groups is 1. The van der Waals surface area contributed by atoms with Crippen LogP contribution in [0.25, 0.3) is 21.2 Å². The highest BCUT2D eigenvalue weighted by molar-refractivity contribution is 7.22. The number of amides is 1. The predicted octanol–water partition coefficient (Wildman–Crippen LogP) is 4.67. The van der Waals surface area contributed by atoms with Crippen LogP contribution in [0.1, 0.15) is 10.6 Å². The fourth-order valence-corrected chi connectivity index (χ4v) is 4.89. The number of para-hydroxylation sites is 1. The number of nitrogens with zero attached hydrogens (tertiary/aromatic N) is 3. The molecule has 3 heterocycles. The van der Waals surface area contributed by atoms with Crippen molar-refractivity contribution in [3.8, 4) is 5.75 Å². The van der Waals surface area contributed by atoms with Crippen molar-refractivity contribution in [2.75, 3.05) is 38.2 Å². The molecule has 29 heavy (non-hydrogen) atoms. The lowest BCUT2D eigenvalue weighted by molar-refractivity contribution is 0.0717. The first-order chi connectivity index (χ1) is 14.1. The van der Waals surface area contributed by atoms with Gasteiger partial charge in [0.15, 0.2) is 10.9 Å². The van der Waals surface area contributed by atoms with Crippen molar-refractivity contribution >= 4 is 55.2 Å². The molecule has 4 aromatic rings. The molecule has 8 heteroatoms. The molecule has 1 aliphatic rings. The Morgan fingerprint density at radius 2 is 1.97 bits per heavy atom. The molecule has 6 nitrogen and oxygen atoms in total. The van der Waals surface area contributed by atoms with Gasteiger partial charge < -0.3 is 19.0 Å². The number of hydrogen-bond donors (Lipinski definition) is 0. The van der Waals surface area contributed by atoms with E-state index in [-0.39, 0.29) is 5.91 Å². The van der Waals surface area contributed by atoms with Gasteiger partial charge in [-0.2, -0.15) is 0 Å². The monoisotopic (exact) mass is 427 g/mol. The van der Waals surface area contributed by atoms with Crippen LogP contribution in [-0.4, -0.2) is 49.1 Å². The minimum Gasteiger partial charge on any atom is -0.494 e. The number of halogens is 1. The highest BCUT2D eigenvalue weighted by Gasteiger charge is 2.26. The Bertz CT molecular complexity index is 1180. The number of rotatable bonds is 3. The van der Waals surface area contributed by atoms with Gasteiger partial charge in [0, 0.05) is 31.6 Å². The second-order valence-electron chi connectivity index (χ2n) is 6.85. The molecule has 0 spiro atoms. The molecular formula is C21H18ClN3O3S. The number of furan rings is 1. The Balaban J connectivity index is 1.33. The first-order valence-electron chi connectivity index (χ1n) is 9.30. The van der Waals surface area contributed by atoms with Crippen LogP contribution in [0.2, 0.25) is 5.02 Å². The van der Waals surface area contributed by atoms with Crippen LogP contribution < -0.4 is 9.64 Å². The predicted molar refractivity (Wildman–Crippen MR) is 116 cm³/mol. The summed E-state index contributed by atoms with van der Waals surface area (Å²) in [5.74, 6) is 1.02.